The summed E-state index contributed by atoms with van der Waals surface area (Å²) in [6.07, 6.45) is -13.6. The van der Waals surface area contributed by atoms with Crippen molar-refractivity contribution in [3.63, 3.8) is 0 Å². The van der Waals surface area contributed by atoms with Gasteiger partial charge in [-0.1, -0.05) is 11.8 Å². The molecule has 2 N–H and O–H groups in total. The van der Waals surface area contributed by atoms with E-state index in [4.69, 9.17) is 53.1 Å². The summed E-state index contributed by atoms with van der Waals surface area (Å²) in [5.74, 6) is -5.70. The topological polar surface area (TPSA) is 238 Å². The normalized spacial score (nSPS) is 28.7. The predicted octanol–water partition coefficient (Wildman–Crippen LogP) is 0.981. The van der Waals surface area contributed by atoms with Gasteiger partial charge in [0.2, 0.25) is 0 Å². The largest absolute Gasteiger partial charge is 0.463 e. The molecule has 1 aromatic carbocycles. The first-order valence-corrected chi connectivity index (χ1v) is 16.4. The van der Waals surface area contributed by atoms with Crippen molar-refractivity contribution in [1.82, 2.24) is 0 Å². The van der Waals surface area contributed by atoms with Crippen LogP contribution in [-0.2, 0) is 80.9 Å². The molecule has 0 saturated carbocycles. The molecule has 2 fully saturated rings. The fourth-order valence-electron chi connectivity index (χ4n) is 5.25. The highest BCUT2D eigenvalue weighted by Crippen LogP contribution is 2.40. The second-order valence-corrected chi connectivity index (χ2v) is 12.5. The zero-order valence-electron chi connectivity index (χ0n) is 28.9. The Balaban J connectivity index is 2.16. The Hall–Kier alpha value is -4.46. The van der Waals surface area contributed by atoms with Gasteiger partial charge in [0, 0.05) is 59.0 Å². The molecule has 0 unspecified atom stereocenters. The molecular formula is C32H41NO17S. The van der Waals surface area contributed by atoms with E-state index >= 15 is 0 Å². The third-order valence-corrected chi connectivity index (χ3v) is 8.17. The first kappa shape index (κ1) is 41.0. The van der Waals surface area contributed by atoms with Gasteiger partial charge in [0.05, 0.1) is 0 Å². The van der Waals surface area contributed by atoms with Crippen LogP contribution in [0.1, 0.15) is 48.5 Å². The molecule has 0 bridgehead atoms. The summed E-state index contributed by atoms with van der Waals surface area (Å²) in [6, 6.07) is 6.61. The van der Waals surface area contributed by atoms with Crippen molar-refractivity contribution in [2.75, 3.05) is 18.9 Å². The van der Waals surface area contributed by atoms with E-state index in [0.29, 0.717) is 10.6 Å². The molecule has 2 aliphatic rings. The lowest BCUT2D eigenvalue weighted by atomic mass is 9.96. The molecule has 18 nitrogen and oxygen atoms in total. The molecule has 2 heterocycles. The van der Waals surface area contributed by atoms with Crippen molar-refractivity contribution in [2.24, 2.45) is 0 Å². The van der Waals surface area contributed by atoms with Crippen molar-refractivity contribution in [3.05, 3.63) is 24.3 Å². The molecular weight excluding hydrogens is 702 g/mol. The minimum Gasteiger partial charge on any atom is -0.463 e. The number of nitrogen functional groups attached to an aromatic ring is 1. The van der Waals surface area contributed by atoms with Crippen LogP contribution >= 0.6 is 11.8 Å². The Morgan fingerprint density at radius 3 is 1.43 bits per heavy atom. The molecule has 51 heavy (non-hydrogen) atoms. The van der Waals surface area contributed by atoms with Crippen LogP contribution in [0.5, 0.6) is 0 Å². The molecule has 2 aliphatic heterocycles. The van der Waals surface area contributed by atoms with Gasteiger partial charge in [0.1, 0.15) is 37.0 Å². The summed E-state index contributed by atoms with van der Waals surface area (Å²) in [5, 5.41) is 0. The Labute approximate surface area is 297 Å². The summed E-state index contributed by atoms with van der Waals surface area (Å²) in [5.41, 5.74) is 5.20. The number of anilines is 1. The lowest BCUT2D eigenvalue weighted by Crippen LogP contribution is -2.66. The zero-order chi connectivity index (χ0) is 38.0. The first-order valence-electron chi connectivity index (χ1n) is 15.6. The number of rotatable bonds is 13. The molecule has 1 aromatic rings. The maximum Gasteiger partial charge on any atom is 0.303 e. The van der Waals surface area contributed by atoms with E-state index < -0.39 is 116 Å². The van der Waals surface area contributed by atoms with E-state index in [1.807, 2.05) is 0 Å². The van der Waals surface area contributed by atoms with E-state index in [1.54, 1.807) is 24.3 Å². The lowest BCUT2D eigenvalue weighted by Gasteiger charge is -2.48. The van der Waals surface area contributed by atoms with Crippen molar-refractivity contribution in [1.29, 1.82) is 0 Å². The van der Waals surface area contributed by atoms with Gasteiger partial charge in [-0.2, -0.15) is 0 Å². The number of benzene rings is 1. The molecule has 0 radical (unpaired) electrons. The highest BCUT2D eigenvalue weighted by atomic mass is 32.2. The monoisotopic (exact) mass is 743 g/mol. The van der Waals surface area contributed by atoms with Gasteiger partial charge in [-0.15, -0.1) is 0 Å². The molecule has 0 aliphatic carbocycles. The van der Waals surface area contributed by atoms with Gasteiger partial charge in [0.15, 0.2) is 36.8 Å². The number of nitrogens with two attached hydrogens (primary N) is 1. The highest BCUT2D eigenvalue weighted by molar-refractivity contribution is 7.99. The minimum absolute atomic E-state index is 0.476. The maximum absolute atomic E-state index is 12.6. The number of carbonyl (C=O) groups excluding carboxylic acids is 7. The molecule has 0 aromatic heterocycles. The number of esters is 7. The third-order valence-electron chi connectivity index (χ3n) is 7.02. The quantitative estimate of drug-likeness (QED) is 0.168. The van der Waals surface area contributed by atoms with E-state index in [2.05, 4.69) is 0 Å². The highest BCUT2D eigenvalue weighted by Gasteiger charge is 2.57. The van der Waals surface area contributed by atoms with E-state index in [0.717, 1.165) is 60.2 Å². The molecule has 282 valence electrons. The Morgan fingerprint density at radius 1 is 0.549 bits per heavy atom. The van der Waals surface area contributed by atoms with Gasteiger partial charge in [-0.25, -0.2) is 0 Å². The number of hydrogen-bond donors (Lipinski definition) is 1. The van der Waals surface area contributed by atoms with Crippen LogP contribution in [0.2, 0.25) is 0 Å². The maximum atomic E-state index is 12.6. The fourth-order valence-corrected chi connectivity index (χ4v) is 6.35. The van der Waals surface area contributed by atoms with Gasteiger partial charge in [0.25, 0.3) is 0 Å². The second-order valence-electron chi connectivity index (χ2n) is 11.3. The standard InChI is InChI=1S/C32H41NO17S/c1-14(34)41-12-23-25(43-16(3)36)27(44-17(4)37)29(46-19(6)39)31(48-23)50-26-24(13-42-15(2)35)49-32(51-22-10-8-21(33)9-11-22)30(47-20(7)40)28(26)45-18(5)38/h8-11,23-32H,12-13,33H2,1-7H3/t23-,24+,25-,26+,27+,28-,29-,30+,31+,32-/m0/s1. The molecule has 3 rings (SSSR count). The van der Waals surface area contributed by atoms with Crippen LogP contribution in [-0.4, -0.2) is 116 Å². The van der Waals surface area contributed by atoms with Crippen LogP contribution in [0.25, 0.3) is 0 Å². The van der Waals surface area contributed by atoms with Crippen molar-refractivity contribution >= 4 is 59.2 Å². The van der Waals surface area contributed by atoms with E-state index in [9.17, 15) is 33.6 Å². The number of carbonyl (C=O) groups is 7. The number of thioether (sulfide) groups is 1. The Kier molecular flexibility index (Phi) is 15.0. The van der Waals surface area contributed by atoms with Crippen LogP contribution in [0.15, 0.2) is 29.2 Å². The van der Waals surface area contributed by atoms with E-state index in [1.165, 1.54) is 0 Å². The first-order chi connectivity index (χ1) is 23.9. The Bertz CT molecular complexity index is 1440. The van der Waals surface area contributed by atoms with Crippen LogP contribution in [0.3, 0.4) is 0 Å². The summed E-state index contributed by atoms with van der Waals surface area (Å²) in [6.45, 7) is 6.57. The fraction of sp³-hybridized carbons (Fsp3) is 0.594. The summed E-state index contributed by atoms with van der Waals surface area (Å²) in [4.78, 5) is 86.2. The number of ether oxygens (including phenoxy) is 10. The molecule has 2 saturated heterocycles. The average molecular weight is 744 g/mol. The summed E-state index contributed by atoms with van der Waals surface area (Å²) < 4.78 is 56.8. The van der Waals surface area contributed by atoms with Crippen molar-refractivity contribution in [2.45, 2.75) is 114 Å². The molecule has 19 heteroatoms. The van der Waals surface area contributed by atoms with Crippen molar-refractivity contribution in [3.8, 4) is 0 Å². The van der Waals surface area contributed by atoms with Crippen molar-refractivity contribution < 1.29 is 80.9 Å². The minimum atomic E-state index is -1.77. The lowest BCUT2D eigenvalue weighted by molar-refractivity contribution is -0.341. The third kappa shape index (κ3) is 12.4. The second kappa shape index (κ2) is 18.7. The van der Waals surface area contributed by atoms with Gasteiger partial charge < -0.3 is 53.1 Å². The molecule has 0 spiro atoms. The van der Waals surface area contributed by atoms with Gasteiger partial charge in [-0.05, 0) is 24.3 Å². The van der Waals surface area contributed by atoms with Gasteiger partial charge >= 0.3 is 41.8 Å². The summed E-state index contributed by atoms with van der Waals surface area (Å²) >= 11 is 1.07. The Morgan fingerprint density at radius 2 is 0.961 bits per heavy atom. The predicted molar refractivity (Wildman–Crippen MR) is 170 cm³/mol. The van der Waals surface area contributed by atoms with Crippen LogP contribution < -0.4 is 5.73 Å². The zero-order valence-corrected chi connectivity index (χ0v) is 29.7. The average Bonchev–Trinajstić information content (AvgIpc) is 3.00. The summed E-state index contributed by atoms with van der Waals surface area (Å²) in [7, 11) is 0. The van der Waals surface area contributed by atoms with Crippen LogP contribution in [0, 0.1) is 0 Å². The smallest absolute Gasteiger partial charge is 0.303 e. The molecule has 10 atom stereocenters. The molecule has 0 amide bonds. The number of hydrogen-bond acceptors (Lipinski definition) is 19. The van der Waals surface area contributed by atoms with Gasteiger partial charge in [-0.3, -0.25) is 33.6 Å². The SMILES string of the molecule is CC(=O)OC[C@@H]1O[C@H](O[C@H]2[C@H](OC(C)=O)[C@@H](OC(C)=O)[C@H](Sc3ccc(N)cc3)O[C@@H]2COC(C)=O)[C@@H](OC(C)=O)[C@H](OC(C)=O)[C@H]1OC(C)=O. The van der Waals surface area contributed by atoms with E-state index in [-0.39, 0.29) is 0 Å². The van der Waals surface area contributed by atoms with Crippen LogP contribution in [0.4, 0.5) is 5.69 Å².